The van der Waals surface area contributed by atoms with Crippen molar-refractivity contribution in [2.75, 3.05) is 30.4 Å². The number of carbonyl (C=O) groups is 1. The van der Waals surface area contributed by atoms with E-state index in [0.717, 1.165) is 11.3 Å². The summed E-state index contributed by atoms with van der Waals surface area (Å²) in [4.78, 5) is 36.3. The number of ether oxygens (including phenoxy) is 1. The zero-order valence-electron chi connectivity index (χ0n) is 18.5. The highest BCUT2D eigenvalue weighted by atomic mass is 35.5. The number of hydrogen-bond donors (Lipinski definition) is 1. The summed E-state index contributed by atoms with van der Waals surface area (Å²) in [7, 11) is 1.50. The molecule has 0 saturated carbocycles. The number of methoxy groups -OCH3 is 1. The Morgan fingerprint density at radius 1 is 1.17 bits per heavy atom. The van der Waals surface area contributed by atoms with Crippen LogP contribution in [0.4, 0.5) is 19.9 Å². The fraction of sp³-hybridized carbons (Fsp3) is 0.273. The third kappa shape index (κ3) is 4.71. The van der Waals surface area contributed by atoms with Crippen molar-refractivity contribution < 1.29 is 18.3 Å². The summed E-state index contributed by atoms with van der Waals surface area (Å²) < 4.78 is 32.6. The second kappa shape index (κ2) is 8.93. The summed E-state index contributed by atoms with van der Waals surface area (Å²) in [6, 6.07) is 3.37. The number of nitrogens with zero attached hydrogens (tertiary/aromatic N) is 6. The smallest absolute Gasteiger partial charge is 0.267 e. The second-order valence-electron chi connectivity index (χ2n) is 7.94. The summed E-state index contributed by atoms with van der Waals surface area (Å²) >= 11 is 7.22. The maximum Gasteiger partial charge on any atom is 0.267 e. The molecule has 0 bridgehead atoms. The second-order valence-corrected chi connectivity index (χ2v) is 9.30. The summed E-state index contributed by atoms with van der Waals surface area (Å²) in [5, 5.41) is 3.30. The van der Waals surface area contributed by atoms with E-state index >= 15 is 0 Å². The van der Waals surface area contributed by atoms with E-state index in [4.69, 9.17) is 16.3 Å². The minimum atomic E-state index is -2.76. The minimum absolute atomic E-state index is 0.173. The van der Waals surface area contributed by atoms with Gasteiger partial charge in [0, 0.05) is 36.0 Å². The van der Waals surface area contributed by atoms with E-state index in [9.17, 15) is 13.6 Å². The van der Waals surface area contributed by atoms with Gasteiger partial charge in [0.1, 0.15) is 16.4 Å². The Hall–Kier alpha value is -3.51. The van der Waals surface area contributed by atoms with Crippen molar-refractivity contribution in [3.63, 3.8) is 0 Å². The molecule has 35 heavy (non-hydrogen) atoms. The SMILES string of the molecule is COc1cnc(Cl)cc1-c1cc(C)ncc1C(=O)Nc1nc2cnc(N3CCC(F)(F)C3)nc2s1. The number of thiazole rings is 1. The lowest BCUT2D eigenvalue weighted by molar-refractivity contribution is 0.0256. The van der Waals surface area contributed by atoms with Crippen LogP contribution in [0.2, 0.25) is 5.15 Å². The third-order valence-corrected chi connectivity index (χ3v) is 6.53. The summed E-state index contributed by atoms with van der Waals surface area (Å²) in [6.07, 6.45) is 4.17. The van der Waals surface area contributed by atoms with Crippen LogP contribution < -0.4 is 15.0 Å². The minimum Gasteiger partial charge on any atom is -0.494 e. The number of nitrogens with one attached hydrogen (secondary N) is 1. The molecule has 0 atom stereocenters. The first kappa shape index (κ1) is 23.2. The van der Waals surface area contributed by atoms with Gasteiger partial charge < -0.3 is 9.64 Å². The largest absolute Gasteiger partial charge is 0.494 e. The van der Waals surface area contributed by atoms with Crippen LogP contribution >= 0.6 is 22.9 Å². The molecule has 4 aromatic rings. The topological polar surface area (TPSA) is 106 Å². The number of pyridine rings is 2. The Morgan fingerprint density at radius 3 is 2.74 bits per heavy atom. The van der Waals surface area contributed by atoms with E-state index in [1.807, 2.05) is 0 Å². The van der Waals surface area contributed by atoms with Gasteiger partial charge >= 0.3 is 0 Å². The molecule has 5 heterocycles. The number of carbonyl (C=O) groups excluding carboxylic acids is 1. The van der Waals surface area contributed by atoms with Gasteiger partial charge in [-0.1, -0.05) is 22.9 Å². The molecule has 5 rings (SSSR count). The molecule has 0 aromatic carbocycles. The van der Waals surface area contributed by atoms with Gasteiger partial charge in [0.25, 0.3) is 11.8 Å². The van der Waals surface area contributed by atoms with Crippen molar-refractivity contribution in [1.82, 2.24) is 24.9 Å². The van der Waals surface area contributed by atoms with Crippen LogP contribution in [0.25, 0.3) is 21.5 Å². The van der Waals surface area contributed by atoms with Crippen molar-refractivity contribution in [2.45, 2.75) is 19.3 Å². The highest BCUT2D eigenvalue weighted by Gasteiger charge is 2.39. The van der Waals surface area contributed by atoms with E-state index in [-0.39, 0.29) is 34.8 Å². The Bertz CT molecular complexity index is 1450. The zero-order valence-corrected chi connectivity index (χ0v) is 20.1. The van der Waals surface area contributed by atoms with E-state index in [1.54, 1.807) is 19.1 Å². The van der Waals surface area contributed by atoms with Gasteiger partial charge in [0.15, 0.2) is 9.96 Å². The fourth-order valence-corrected chi connectivity index (χ4v) is 4.72. The van der Waals surface area contributed by atoms with Crippen LogP contribution in [-0.2, 0) is 0 Å². The maximum absolute atomic E-state index is 13.6. The van der Waals surface area contributed by atoms with Gasteiger partial charge in [-0.25, -0.2) is 23.7 Å². The van der Waals surface area contributed by atoms with Crippen molar-refractivity contribution >= 4 is 50.3 Å². The number of aryl methyl sites for hydroxylation is 1. The van der Waals surface area contributed by atoms with Gasteiger partial charge in [-0.2, -0.15) is 4.98 Å². The van der Waals surface area contributed by atoms with Gasteiger partial charge in [0.05, 0.1) is 31.6 Å². The normalized spacial score (nSPS) is 14.9. The molecule has 1 amide bonds. The van der Waals surface area contributed by atoms with E-state index < -0.39 is 18.4 Å². The molecule has 1 N–H and O–H groups in total. The average molecular weight is 518 g/mol. The molecular formula is C22H18ClF2N7O2S. The van der Waals surface area contributed by atoms with Crippen molar-refractivity contribution in [1.29, 1.82) is 0 Å². The Labute approximate surface area is 207 Å². The molecule has 0 aliphatic carbocycles. The first-order chi connectivity index (χ1) is 16.7. The molecule has 0 radical (unpaired) electrons. The van der Waals surface area contributed by atoms with Crippen molar-refractivity contribution in [2.24, 2.45) is 0 Å². The average Bonchev–Trinajstić information content (AvgIpc) is 3.40. The Morgan fingerprint density at radius 2 is 2.00 bits per heavy atom. The Kier molecular flexibility index (Phi) is 5.93. The standard InChI is InChI=1S/C22H18ClF2N7O2S/c1-11-5-12(13-6-17(23)27-9-16(13)34-2)14(7-26-11)18(33)30-21-29-15-8-28-20(31-19(15)35-21)32-4-3-22(24,25)10-32/h5-9H,3-4,10H2,1-2H3,(H,29,30,33). The number of alkyl halides is 2. The van der Waals surface area contributed by atoms with Crippen LogP contribution in [-0.4, -0.2) is 56.9 Å². The number of hydrogen-bond acceptors (Lipinski definition) is 9. The lowest BCUT2D eigenvalue weighted by Crippen LogP contribution is -2.26. The van der Waals surface area contributed by atoms with Gasteiger partial charge in [-0.3, -0.25) is 15.1 Å². The third-order valence-electron chi connectivity index (χ3n) is 5.44. The zero-order chi connectivity index (χ0) is 24.7. The quantitative estimate of drug-likeness (QED) is 0.382. The summed E-state index contributed by atoms with van der Waals surface area (Å²) in [5.74, 6) is -2.55. The van der Waals surface area contributed by atoms with Gasteiger partial charge in [-0.05, 0) is 19.1 Å². The molecule has 4 aromatic heterocycles. The monoisotopic (exact) mass is 517 g/mol. The molecule has 1 aliphatic heterocycles. The number of rotatable bonds is 5. The van der Waals surface area contributed by atoms with Crippen molar-refractivity contribution in [3.8, 4) is 16.9 Å². The predicted molar refractivity (Wildman–Crippen MR) is 129 cm³/mol. The molecule has 9 nitrogen and oxygen atoms in total. The van der Waals surface area contributed by atoms with Crippen LogP contribution in [0.1, 0.15) is 22.5 Å². The predicted octanol–water partition coefficient (Wildman–Crippen LogP) is 4.61. The molecule has 180 valence electrons. The summed E-state index contributed by atoms with van der Waals surface area (Å²) in [5.41, 5.74) is 2.58. The number of halogens is 3. The number of amides is 1. The highest BCUT2D eigenvalue weighted by Crippen LogP contribution is 2.35. The molecular weight excluding hydrogens is 500 g/mol. The van der Waals surface area contributed by atoms with Gasteiger partial charge in [0.2, 0.25) is 5.95 Å². The summed E-state index contributed by atoms with van der Waals surface area (Å²) in [6.45, 7) is 1.56. The lowest BCUT2D eigenvalue weighted by Gasteiger charge is -2.14. The van der Waals surface area contributed by atoms with Crippen LogP contribution in [0.15, 0.2) is 30.7 Å². The van der Waals surface area contributed by atoms with Crippen molar-refractivity contribution in [3.05, 3.63) is 47.1 Å². The molecule has 1 fully saturated rings. The molecule has 1 saturated heterocycles. The van der Waals surface area contributed by atoms with Crippen LogP contribution in [0.5, 0.6) is 5.75 Å². The first-order valence-electron chi connectivity index (χ1n) is 10.5. The number of anilines is 2. The maximum atomic E-state index is 13.6. The lowest BCUT2D eigenvalue weighted by atomic mass is 10.0. The fourth-order valence-electron chi connectivity index (χ4n) is 3.76. The van der Waals surface area contributed by atoms with Gasteiger partial charge in [-0.15, -0.1) is 0 Å². The molecule has 0 spiro atoms. The molecule has 0 unspecified atom stereocenters. The molecule has 1 aliphatic rings. The van der Waals surface area contributed by atoms with E-state index in [0.29, 0.717) is 32.9 Å². The van der Waals surface area contributed by atoms with Crippen LogP contribution in [0.3, 0.4) is 0 Å². The molecule has 13 heteroatoms. The van der Waals surface area contributed by atoms with E-state index in [1.165, 1.54) is 30.6 Å². The van der Waals surface area contributed by atoms with E-state index in [2.05, 4.69) is 30.2 Å². The van der Waals surface area contributed by atoms with Crippen LogP contribution in [0, 0.1) is 6.92 Å². The number of fused-ring (bicyclic) bond motifs is 1. The first-order valence-corrected chi connectivity index (χ1v) is 11.7. The highest BCUT2D eigenvalue weighted by molar-refractivity contribution is 7.22. The Balaban J connectivity index is 1.44. The number of aromatic nitrogens is 5.